The van der Waals surface area contributed by atoms with Crippen LogP contribution in [0.25, 0.3) is 10.1 Å². The number of anilines is 2. The molecule has 0 aliphatic carbocycles. The lowest BCUT2D eigenvalue weighted by atomic mass is 10.2. The number of hydrogen-bond donors (Lipinski definition) is 1. The Labute approximate surface area is 154 Å². The number of halogens is 1. The van der Waals surface area contributed by atoms with Gasteiger partial charge in [-0.2, -0.15) is 0 Å². The smallest absolute Gasteiger partial charge is 0.335 e. The maximum Gasteiger partial charge on any atom is 0.335 e. The zero-order valence-corrected chi connectivity index (χ0v) is 15.2. The molecule has 1 N–H and O–H groups in total. The van der Waals surface area contributed by atoms with Gasteiger partial charge in [-0.3, -0.25) is 8.51 Å². The van der Waals surface area contributed by atoms with Gasteiger partial charge in [0.1, 0.15) is 10.8 Å². The summed E-state index contributed by atoms with van der Waals surface area (Å²) in [6, 6.07) is 11.0. The molecular formula is C16H11ClNO5S2-. The van der Waals surface area contributed by atoms with E-state index in [1.807, 2.05) is 0 Å². The van der Waals surface area contributed by atoms with Crippen molar-refractivity contribution in [2.24, 2.45) is 0 Å². The van der Waals surface area contributed by atoms with Crippen molar-refractivity contribution in [3.63, 3.8) is 0 Å². The number of nitrogens with zero attached hydrogens (tertiary/aromatic N) is 1. The number of hydrogen-bond acceptors (Lipinski definition) is 5. The van der Waals surface area contributed by atoms with E-state index in [0.717, 1.165) is 14.4 Å². The van der Waals surface area contributed by atoms with Crippen LogP contribution in [-0.4, -0.2) is 26.9 Å². The first kappa shape index (κ1) is 17.7. The maximum atomic E-state index is 11.9. The Morgan fingerprint density at radius 1 is 1.28 bits per heavy atom. The third kappa shape index (κ3) is 3.47. The molecule has 0 saturated heterocycles. The van der Waals surface area contributed by atoms with Crippen LogP contribution in [-0.2, 0) is 11.3 Å². The van der Waals surface area contributed by atoms with Gasteiger partial charge in [0.05, 0.1) is 29.6 Å². The second kappa shape index (κ2) is 7.01. The largest absolute Gasteiger partial charge is 0.755 e. The lowest BCUT2D eigenvalue weighted by molar-refractivity contribution is 0.0697. The molecule has 0 amide bonds. The maximum absolute atomic E-state index is 11.9. The first-order valence-corrected chi connectivity index (χ1v) is 9.13. The Balaban J connectivity index is 2.19. The van der Waals surface area contributed by atoms with E-state index in [0.29, 0.717) is 10.0 Å². The molecule has 130 valence electrons. The summed E-state index contributed by atoms with van der Waals surface area (Å²) in [4.78, 5) is 11.2. The van der Waals surface area contributed by atoms with Gasteiger partial charge in [-0.15, -0.1) is 11.3 Å². The van der Waals surface area contributed by atoms with E-state index in [2.05, 4.69) is 0 Å². The van der Waals surface area contributed by atoms with Gasteiger partial charge in [-0.05, 0) is 41.8 Å². The molecule has 2 aromatic carbocycles. The molecule has 1 heterocycles. The van der Waals surface area contributed by atoms with Gasteiger partial charge in [0.2, 0.25) is 0 Å². The first-order valence-electron chi connectivity index (χ1n) is 6.90. The van der Waals surface area contributed by atoms with E-state index >= 15 is 0 Å². The number of carbonyl (C=O) groups is 1. The molecule has 25 heavy (non-hydrogen) atoms. The molecule has 0 radical (unpaired) electrons. The molecule has 0 aliphatic heterocycles. The Morgan fingerprint density at radius 2 is 2.04 bits per heavy atom. The number of thiophene rings is 1. The SMILES string of the molecule is COc1ccc(C(=O)O)cc1N(c1cc2ccc(Cl)cc2s1)S(=O)[O-]. The van der Waals surface area contributed by atoms with Crippen molar-refractivity contribution in [1.29, 1.82) is 0 Å². The molecule has 0 spiro atoms. The summed E-state index contributed by atoms with van der Waals surface area (Å²) in [5.41, 5.74) is 0.0730. The second-order valence-corrected chi connectivity index (χ2v) is 7.27. The fraction of sp³-hybridized carbons (Fsp3) is 0.0625. The minimum Gasteiger partial charge on any atom is -0.755 e. The first-order chi connectivity index (χ1) is 11.9. The summed E-state index contributed by atoms with van der Waals surface area (Å²) in [7, 11) is 1.38. The van der Waals surface area contributed by atoms with Gasteiger partial charge in [0.25, 0.3) is 0 Å². The molecule has 1 atom stereocenters. The Morgan fingerprint density at radius 3 is 2.68 bits per heavy atom. The summed E-state index contributed by atoms with van der Waals surface area (Å²) in [6.07, 6.45) is 0. The van der Waals surface area contributed by atoms with Crippen LogP contribution < -0.4 is 9.04 Å². The average molecular weight is 397 g/mol. The number of aromatic carboxylic acids is 1. The molecule has 0 aliphatic rings. The van der Waals surface area contributed by atoms with Crippen molar-refractivity contribution in [1.82, 2.24) is 0 Å². The van der Waals surface area contributed by atoms with Gasteiger partial charge in [-0.25, -0.2) is 4.79 Å². The summed E-state index contributed by atoms with van der Waals surface area (Å²) >= 11 is 4.52. The Bertz CT molecular complexity index is 988. The van der Waals surface area contributed by atoms with Crippen molar-refractivity contribution in [3.8, 4) is 5.75 Å². The van der Waals surface area contributed by atoms with E-state index in [-0.39, 0.29) is 17.0 Å². The highest BCUT2D eigenvalue weighted by Crippen LogP contribution is 2.41. The van der Waals surface area contributed by atoms with Crippen molar-refractivity contribution < 1.29 is 23.4 Å². The minimum absolute atomic E-state index is 0.0459. The Kier molecular flexibility index (Phi) is 4.96. The van der Waals surface area contributed by atoms with E-state index < -0.39 is 17.2 Å². The van der Waals surface area contributed by atoms with Crippen molar-refractivity contribution >= 4 is 60.9 Å². The molecular weight excluding hydrogens is 386 g/mol. The molecule has 0 bridgehead atoms. The molecule has 3 aromatic rings. The predicted octanol–water partition coefficient (Wildman–Crippen LogP) is 4.19. The number of benzene rings is 2. The van der Waals surface area contributed by atoms with Crippen LogP contribution in [0, 0.1) is 0 Å². The summed E-state index contributed by atoms with van der Waals surface area (Å²) in [5, 5.41) is 10.9. The second-order valence-electron chi connectivity index (χ2n) is 4.97. The monoisotopic (exact) mass is 396 g/mol. The molecule has 1 aromatic heterocycles. The average Bonchev–Trinajstić information content (AvgIpc) is 2.96. The molecule has 1 unspecified atom stereocenters. The van der Waals surface area contributed by atoms with Gasteiger partial charge in [-0.1, -0.05) is 17.7 Å². The third-order valence-corrected chi connectivity index (χ3v) is 5.59. The molecule has 9 heteroatoms. The highest BCUT2D eigenvalue weighted by Gasteiger charge is 2.20. The van der Waals surface area contributed by atoms with Crippen LogP contribution in [0.1, 0.15) is 10.4 Å². The van der Waals surface area contributed by atoms with E-state index in [1.165, 1.54) is 36.6 Å². The third-order valence-electron chi connectivity index (χ3n) is 3.46. The van der Waals surface area contributed by atoms with E-state index in [4.69, 9.17) is 16.3 Å². The molecule has 3 rings (SSSR count). The van der Waals surface area contributed by atoms with Gasteiger partial charge in [0.15, 0.2) is 0 Å². The van der Waals surface area contributed by atoms with Crippen LogP contribution >= 0.6 is 22.9 Å². The van der Waals surface area contributed by atoms with Gasteiger partial charge < -0.3 is 14.4 Å². The lowest BCUT2D eigenvalue weighted by Crippen LogP contribution is -2.19. The van der Waals surface area contributed by atoms with Gasteiger partial charge in [0, 0.05) is 9.72 Å². The number of carboxylic acids is 1. The fourth-order valence-corrected chi connectivity index (χ4v) is 4.40. The molecule has 0 saturated carbocycles. The van der Waals surface area contributed by atoms with Gasteiger partial charge >= 0.3 is 5.97 Å². The van der Waals surface area contributed by atoms with Crippen molar-refractivity contribution in [2.75, 3.05) is 11.4 Å². The minimum atomic E-state index is -2.68. The van der Waals surface area contributed by atoms with Crippen LogP contribution in [0.3, 0.4) is 0 Å². The predicted molar refractivity (Wildman–Crippen MR) is 97.8 cm³/mol. The van der Waals surface area contributed by atoms with Crippen molar-refractivity contribution in [3.05, 3.63) is 53.1 Å². The normalized spacial score (nSPS) is 12.1. The standard InChI is InChI=1S/C16H12ClNO5S2/c1-23-13-5-3-10(16(19)20)6-12(13)18(25(21)22)15-7-9-2-4-11(17)8-14(9)24-15/h2-8H,1H3,(H,19,20)(H,21,22)/p-1. The van der Waals surface area contributed by atoms with Crippen molar-refractivity contribution in [2.45, 2.75) is 0 Å². The van der Waals surface area contributed by atoms with E-state index in [9.17, 15) is 18.7 Å². The van der Waals surface area contributed by atoms with Crippen LogP contribution in [0.4, 0.5) is 10.7 Å². The highest BCUT2D eigenvalue weighted by molar-refractivity contribution is 7.81. The Hall–Kier alpha value is -2.13. The quantitative estimate of drug-likeness (QED) is 0.653. The zero-order chi connectivity index (χ0) is 18.1. The van der Waals surface area contributed by atoms with Crippen LogP contribution in [0.15, 0.2) is 42.5 Å². The lowest BCUT2D eigenvalue weighted by Gasteiger charge is -2.26. The number of fused-ring (bicyclic) bond motifs is 1. The summed E-state index contributed by atoms with van der Waals surface area (Å²) < 4.78 is 30.8. The number of rotatable bonds is 5. The summed E-state index contributed by atoms with van der Waals surface area (Å²) in [6.45, 7) is 0. The number of methoxy groups -OCH3 is 1. The highest BCUT2D eigenvalue weighted by atomic mass is 35.5. The zero-order valence-electron chi connectivity index (χ0n) is 12.8. The molecule has 0 fully saturated rings. The van der Waals surface area contributed by atoms with Crippen LogP contribution in [0.2, 0.25) is 5.02 Å². The number of carboxylic acid groups (broad SMARTS) is 1. The van der Waals surface area contributed by atoms with E-state index in [1.54, 1.807) is 24.3 Å². The summed E-state index contributed by atoms with van der Waals surface area (Å²) in [5.74, 6) is -0.923. The topological polar surface area (TPSA) is 89.9 Å². The number of ether oxygens (including phenoxy) is 1. The molecule has 6 nitrogen and oxygen atoms in total. The fourth-order valence-electron chi connectivity index (χ4n) is 2.35. The van der Waals surface area contributed by atoms with Crippen LogP contribution in [0.5, 0.6) is 5.75 Å².